The molecule has 0 fully saturated rings. The Morgan fingerprint density at radius 2 is 2.00 bits per heavy atom. The molecule has 0 spiro atoms. The van der Waals surface area contributed by atoms with Gasteiger partial charge in [-0.15, -0.1) is 0 Å². The molecule has 2 aromatic rings. The zero-order chi connectivity index (χ0) is 16.8. The maximum Gasteiger partial charge on any atom is 0.244 e. The van der Waals surface area contributed by atoms with Gasteiger partial charge >= 0.3 is 0 Å². The number of rotatable bonds is 6. The van der Waals surface area contributed by atoms with Gasteiger partial charge in [-0.1, -0.05) is 6.92 Å². The molecule has 2 heterocycles. The SMILES string of the molecule is CCC(NC(=O)C=Cc1cnc(N(C)C)nc1)c1ncc(C)[nH]1. The molecule has 0 saturated carbocycles. The molecule has 0 aliphatic carbocycles. The number of anilines is 1. The number of aromatic nitrogens is 4. The van der Waals surface area contributed by atoms with Crippen LogP contribution in [0.3, 0.4) is 0 Å². The lowest BCUT2D eigenvalue weighted by molar-refractivity contribution is -0.117. The number of hydrogen-bond acceptors (Lipinski definition) is 5. The molecule has 7 nitrogen and oxygen atoms in total. The van der Waals surface area contributed by atoms with Gasteiger partial charge in [-0.3, -0.25) is 4.79 Å². The summed E-state index contributed by atoms with van der Waals surface area (Å²) in [6, 6.07) is -0.131. The van der Waals surface area contributed by atoms with E-state index < -0.39 is 0 Å². The Morgan fingerprint density at radius 3 is 2.52 bits per heavy atom. The number of H-pyrrole nitrogens is 1. The van der Waals surface area contributed by atoms with Crippen molar-refractivity contribution in [2.24, 2.45) is 0 Å². The third-order valence-corrected chi connectivity index (χ3v) is 3.26. The second kappa shape index (κ2) is 7.53. The van der Waals surface area contributed by atoms with E-state index in [-0.39, 0.29) is 11.9 Å². The van der Waals surface area contributed by atoms with Crippen molar-refractivity contribution >= 4 is 17.9 Å². The normalized spacial score (nSPS) is 12.3. The number of amides is 1. The summed E-state index contributed by atoms with van der Waals surface area (Å²) >= 11 is 0. The summed E-state index contributed by atoms with van der Waals surface area (Å²) in [4.78, 5) is 29.7. The summed E-state index contributed by atoms with van der Waals surface area (Å²) in [5.41, 5.74) is 1.74. The molecular formula is C16H22N6O. The number of carbonyl (C=O) groups excluding carboxylic acids is 1. The van der Waals surface area contributed by atoms with E-state index in [4.69, 9.17) is 0 Å². The molecule has 0 radical (unpaired) electrons. The monoisotopic (exact) mass is 314 g/mol. The van der Waals surface area contributed by atoms with E-state index in [9.17, 15) is 4.79 Å². The van der Waals surface area contributed by atoms with Crippen LogP contribution in [0.4, 0.5) is 5.95 Å². The topological polar surface area (TPSA) is 86.8 Å². The second-order valence-corrected chi connectivity index (χ2v) is 5.47. The first-order chi connectivity index (χ1) is 11.0. The van der Waals surface area contributed by atoms with Crippen molar-refractivity contribution in [3.63, 3.8) is 0 Å². The first-order valence-electron chi connectivity index (χ1n) is 7.49. The summed E-state index contributed by atoms with van der Waals surface area (Å²) < 4.78 is 0. The van der Waals surface area contributed by atoms with Gasteiger partial charge in [0.05, 0.1) is 6.04 Å². The van der Waals surface area contributed by atoms with E-state index in [2.05, 4.69) is 25.3 Å². The zero-order valence-corrected chi connectivity index (χ0v) is 13.9. The molecule has 7 heteroatoms. The van der Waals surface area contributed by atoms with Gasteiger partial charge in [-0.25, -0.2) is 15.0 Å². The third-order valence-electron chi connectivity index (χ3n) is 3.26. The quantitative estimate of drug-likeness (QED) is 0.795. The molecule has 0 aromatic carbocycles. The van der Waals surface area contributed by atoms with Crippen molar-refractivity contribution in [2.75, 3.05) is 19.0 Å². The fourth-order valence-electron chi connectivity index (χ4n) is 2.01. The summed E-state index contributed by atoms with van der Waals surface area (Å²) in [6.45, 7) is 3.93. The number of nitrogens with zero attached hydrogens (tertiary/aromatic N) is 4. The van der Waals surface area contributed by atoms with Gasteiger partial charge < -0.3 is 15.2 Å². The molecule has 2 aromatic heterocycles. The Bertz CT molecular complexity index is 674. The maximum absolute atomic E-state index is 12.1. The van der Waals surface area contributed by atoms with Crippen molar-refractivity contribution < 1.29 is 4.79 Å². The first kappa shape index (κ1) is 16.7. The predicted octanol–water partition coefficient (Wildman–Crippen LogP) is 1.85. The Labute approximate surface area is 135 Å². The number of hydrogen-bond donors (Lipinski definition) is 2. The van der Waals surface area contributed by atoms with Crippen LogP contribution in [0.25, 0.3) is 6.08 Å². The molecule has 0 aliphatic heterocycles. The highest BCUT2D eigenvalue weighted by molar-refractivity contribution is 5.91. The number of nitrogens with one attached hydrogen (secondary N) is 2. The average Bonchev–Trinajstić information content (AvgIpc) is 2.97. The van der Waals surface area contributed by atoms with Crippen molar-refractivity contribution in [1.29, 1.82) is 0 Å². The van der Waals surface area contributed by atoms with Crippen LogP contribution in [0.15, 0.2) is 24.7 Å². The molecular weight excluding hydrogens is 292 g/mol. The summed E-state index contributed by atoms with van der Waals surface area (Å²) in [5.74, 6) is 1.22. The highest BCUT2D eigenvalue weighted by Gasteiger charge is 2.13. The Morgan fingerprint density at radius 1 is 1.30 bits per heavy atom. The smallest absolute Gasteiger partial charge is 0.244 e. The van der Waals surface area contributed by atoms with E-state index in [1.54, 1.807) is 24.7 Å². The van der Waals surface area contributed by atoms with Gasteiger partial charge in [0.25, 0.3) is 0 Å². The van der Waals surface area contributed by atoms with E-state index in [1.165, 1.54) is 6.08 Å². The van der Waals surface area contributed by atoms with Crippen LogP contribution < -0.4 is 10.2 Å². The van der Waals surface area contributed by atoms with Crippen LogP contribution in [0.2, 0.25) is 0 Å². The number of aromatic amines is 1. The van der Waals surface area contributed by atoms with Crippen molar-refractivity contribution in [3.8, 4) is 0 Å². The van der Waals surface area contributed by atoms with Crippen LogP contribution in [-0.4, -0.2) is 39.9 Å². The lowest BCUT2D eigenvalue weighted by Gasteiger charge is -2.13. The van der Waals surface area contributed by atoms with Gasteiger partial charge in [-0.2, -0.15) is 0 Å². The summed E-state index contributed by atoms with van der Waals surface area (Å²) in [6.07, 6.45) is 9.04. The van der Waals surface area contributed by atoms with Crippen LogP contribution >= 0.6 is 0 Å². The zero-order valence-electron chi connectivity index (χ0n) is 13.9. The fourth-order valence-corrected chi connectivity index (χ4v) is 2.01. The van der Waals surface area contributed by atoms with Crippen LogP contribution in [0, 0.1) is 6.92 Å². The standard InChI is InChI=1S/C16H22N6O/c1-5-13(15-17-8-11(2)20-15)21-14(23)7-6-12-9-18-16(19-10-12)22(3)4/h6-10,13H,5H2,1-4H3,(H,17,20)(H,21,23). The van der Waals surface area contributed by atoms with E-state index in [0.717, 1.165) is 23.5 Å². The lowest BCUT2D eigenvalue weighted by Crippen LogP contribution is -2.27. The number of carbonyl (C=O) groups is 1. The molecule has 23 heavy (non-hydrogen) atoms. The van der Waals surface area contributed by atoms with Crippen molar-refractivity contribution in [2.45, 2.75) is 26.3 Å². The predicted molar refractivity (Wildman–Crippen MR) is 89.9 cm³/mol. The van der Waals surface area contributed by atoms with E-state index >= 15 is 0 Å². The van der Waals surface area contributed by atoms with Gasteiger partial charge in [0.2, 0.25) is 11.9 Å². The maximum atomic E-state index is 12.1. The number of imidazole rings is 1. The molecule has 0 aliphatic rings. The Hall–Kier alpha value is -2.70. The highest BCUT2D eigenvalue weighted by Crippen LogP contribution is 2.13. The first-order valence-corrected chi connectivity index (χ1v) is 7.49. The molecule has 2 N–H and O–H groups in total. The van der Waals surface area contributed by atoms with Crippen LogP contribution in [-0.2, 0) is 4.79 Å². The van der Waals surface area contributed by atoms with E-state index in [1.807, 2.05) is 32.8 Å². The molecule has 1 unspecified atom stereocenters. The highest BCUT2D eigenvalue weighted by atomic mass is 16.1. The molecule has 122 valence electrons. The van der Waals surface area contributed by atoms with Crippen LogP contribution in [0.1, 0.15) is 36.5 Å². The second-order valence-electron chi connectivity index (χ2n) is 5.47. The molecule has 0 saturated heterocycles. The minimum absolute atomic E-state index is 0.131. The average molecular weight is 314 g/mol. The van der Waals surface area contributed by atoms with Crippen molar-refractivity contribution in [1.82, 2.24) is 25.3 Å². The molecule has 2 rings (SSSR count). The number of aryl methyl sites for hydroxylation is 1. The Balaban J connectivity index is 1.97. The summed E-state index contributed by atoms with van der Waals surface area (Å²) in [7, 11) is 3.75. The summed E-state index contributed by atoms with van der Waals surface area (Å²) in [5, 5.41) is 2.93. The van der Waals surface area contributed by atoms with Crippen LogP contribution in [0.5, 0.6) is 0 Å². The van der Waals surface area contributed by atoms with Gasteiger partial charge in [0.1, 0.15) is 5.82 Å². The van der Waals surface area contributed by atoms with Gasteiger partial charge in [0, 0.05) is 50.0 Å². The van der Waals surface area contributed by atoms with Gasteiger partial charge in [0.15, 0.2) is 0 Å². The minimum atomic E-state index is -0.178. The minimum Gasteiger partial charge on any atom is -0.347 e. The third kappa shape index (κ3) is 4.64. The molecule has 1 amide bonds. The Kier molecular flexibility index (Phi) is 5.46. The molecule has 1 atom stereocenters. The largest absolute Gasteiger partial charge is 0.347 e. The fraction of sp³-hybridized carbons (Fsp3) is 0.375. The van der Waals surface area contributed by atoms with E-state index in [0.29, 0.717) is 5.95 Å². The van der Waals surface area contributed by atoms with Gasteiger partial charge in [-0.05, 0) is 19.4 Å². The van der Waals surface area contributed by atoms with Crippen molar-refractivity contribution in [3.05, 3.63) is 41.7 Å². The lowest BCUT2D eigenvalue weighted by atomic mass is 10.2. The molecule has 0 bridgehead atoms.